The molecule has 1 aliphatic heterocycles. The molecule has 3 nitrogen and oxygen atoms in total. The van der Waals surface area contributed by atoms with Gasteiger partial charge >= 0.3 is 0 Å². The van der Waals surface area contributed by atoms with Crippen LogP contribution in [0.2, 0.25) is 0 Å². The third-order valence-corrected chi connectivity index (χ3v) is 5.03. The van der Waals surface area contributed by atoms with Crippen LogP contribution in [0, 0.1) is 5.41 Å². The summed E-state index contributed by atoms with van der Waals surface area (Å²) < 4.78 is 0. The number of amides is 1. The van der Waals surface area contributed by atoms with E-state index >= 15 is 0 Å². The van der Waals surface area contributed by atoms with Crippen molar-refractivity contribution < 1.29 is 4.79 Å². The number of nitrogens with one attached hydrogen (secondary N) is 1. The lowest BCUT2D eigenvalue weighted by molar-refractivity contribution is -0.131. The average Bonchev–Trinajstić information content (AvgIpc) is 2.98. The Balaban J connectivity index is 1.64. The van der Waals surface area contributed by atoms with Crippen LogP contribution in [0.15, 0.2) is 30.3 Å². The molecule has 0 radical (unpaired) electrons. The smallest absolute Gasteiger partial charge is 0.241 e. The summed E-state index contributed by atoms with van der Waals surface area (Å²) >= 11 is 0. The Hall–Kier alpha value is -1.35. The molecular weight excluding hydrogens is 260 g/mol. The number of rotatable bonds is 5. The van der Waals surface area contributed by atoms with Gasteiger partial charge in [-0.15, -0.1) is 0 Å². The van der Waals surface area contributed by atoms with Gasteiger partial charge < -0.3 is 4.90 Å². The van der Waals surface area contributed by atoms with Gasteiger partial charge in [0.1, 0.15) is 0 Å². The maximum Gasteiger partial charge on any atom is 0.241 e. The molecular formula is C18H26N2O. The van der Waals surface area contributed by atoms with Crippen molar-refractivity contribution in [2.24, 2.45) is 5.41 Å². The predicted octanol–water partition coefficient (Wildman–Crippen LogP) is 2.95. The van der Waals surface area contributed by atoms with Crippen LogP contribution in [0.5, 0.6) is 0 Å². The van der Waals surface area contributed by atoms with Gasteiger partial charge in [0.2, 0.25) is 5.91 Å². The van der Waals surface area contributed by atoms with Gasteiger partial charge in [0.15, 0.2) is 0 Å². The van der Waals surface area contributed by atoms with Gasteiger partial charge in [0, 0.05) is 6.04 Å². The van der Waals surface area contributed by atoms with Crippen molar-refractivity contribution in [3.8, 4) is 0 Å². The quantitative estimate of drug-likeness (QED) is 0.902. The zero-order valence-corrected chi connectivity index (χ0v) is 13.3. The topological polar surface area (TPSA) is 32.3 Å². The van der Waals surface area contributed by atoms with Crippen molar-refractivity contribution >= 4 is 5.91 Å². The van der Waals surface area contributed by atoms with Gasteiger partial charge in [-0.05, 0) is 36.7 Å². The van der Waals surface area contributed by atoms with Crippen LogP contribution in [0.4, 0.5) is 0 Å². The molecule has 0 bridgehead atoms. The summed E-state index contributed by atoms with van der Waals surface area (Å²) in [7, 11) is 0. The van der Waals surface area contributed by atoms with E-state index in [9.17, 15) is 4.79 Å². The fourth-order valence-corrected chi connectivity index (χ4v) is 3.48. The van der Waals surface area contributed by atoms with Crippen LogP contribution in [0.25, 0.3) is 0 Å². The van der Waals surface area contributed by atoms with E-state index in [1.807, 2.05) is 6.07 Å². The molecule has 1 aliphatic carbocycles. The molecule has 1 aromatic carbocycles. The van der Waals surface area contributed by atoms with Gasteiger partial charge in [0.05, 0.1) is 12.2 Å². The Morgan fingerprint density at radius 3 is 2.52 bits per heavy atom. The first kappa shape index (κ1) is 14.6. The molecule has 1 N–H and O–H groups in total. The van der Waals surface area contributed by atoms with Crippen LogP contribution in [-0.4, -0.2) is 29.1 Å². The standard InChI is InChI=1S/C18H26N2O/c1-4-16-19-14(11-10-13-8-6-5-7-9-13)17(21)20(16)15-12-18(15,2)3/h5-9,14-16,19H,4,10-12H2,1-3H3. The number of aryl methyl sites for hydroxylation is 1. The zero-order valence-electron chi connectivity index (χ0n) is 13.3. The summed E-state index contributed by atoms with van der Waals surface area (Å²) in [5, 5.41) is 3.55. The molecule has 0 spiro atoms. The SMILES string of the molecule is CCC1NC(CCc2ccccc2)C(=O)N1C1CC1(C)C. The molecule has 1 saturated carbocycles. The second-order valence-corrected chi connectivity index (χ2v) is 7.12. The van der Waals surface area contributed by atoms with E-state index < -0.39 is 0 Å². The normalized spacial score (nSPS) is 30.7. The summed E-state index contributed by atoms with van der Waals surface area (Å²) in [5.41, 5.74) is 1.62. The molecule has 114 valence electrons. The average molecular weight is 286 g/mol. The molecule has 2 fully saturated rings. The molecule has 2 aliphatic rings. The molecule has 1 heterocycles. The maximum atomic E-state index is 12.7. The Kier molecular flexibility index (Phi) is 3.78. The number of hydrogen-bond acceptors (Lipinski definition) is 2. The predicted molar refractivity (Wildman–Crippen MR) is 84.8 cm³/mol. The van der Waals surface area contributed by atoms with Crippen LogP contribution in [0.3, 0.4) is 0 Å². The van der Waals surface area contributed by atoms with Crippen LogP contribution < -0.4 is 5.32 Å². The number of carbonyl (C=O) groups is 1. The number of benzene rings is 1. The Morgan fingerprint density at radius 2 is 1.95 bits per heavy atom. The van der Waals surface area contributed by atoms with Crippen molar-refractivity contribution in [2.45, 2.75) is 64.7 Å². The first-order chi connectivity index (χ1) is 10.0. The second kappa shape index (κ2) is 5.45. The lowest BCUT2D eigenvalue weighted by Gasteiger charge is -2.24. The molecule has 3 rings (SSSR count). The Labute approximate surface area is 127 Å². The Bertz CT molecular complexity index is 511. The fourth-order valence-electron chi connectivity index (χ4n) is 3.48. The molecule has 1 aromatic rings. The molecule has 1 amide bonds. The minimum atomic E-state index is -0.00782. The lowest BCUT2D eigenvalue weighted by atomic mass is 10.1. The Morgan fingerprint density at radius 1 is 1.29 bits per heavy atom. The monoisotopic (exact) mass is 286 g/mol. The van der Waals surface area contributed by atoms with E-state index in [0.29, 0.717) is 17.4 Å². The molecule has 1 saturated heterocycles. The third kappa shape index (κ3) is 2.84. The highest BCUT2D eigenvalue weighted by atomic mass is 16.2. The van der Waals surface area contributed by atoms with Gasteiger partial charge in [-0.3, -0.25) is 10.1 Å². The molecule has 3 heteroatoms. The molecule has 21 heavy (non-hydrogen) atoms. The summed E-state index contributed by atoms with van der Waals surface area (Å²) in [4.78, 5) is 14.9. The first-order valence-corrected chi connectivity index (χ1v) is 8.15. The van der Waals surface area contributed by atoms with Crippen LogP contribution in [0.1, 0.15) is 45.6 Å². The third-order valence-electron chi connectivity index (χ3n) is 5.03. The van der Waals surface area contributed by atoms with Crippen molar-refractivity contribution in [1.29, 1.82) is 0 Å². The van der Waals surface area contributed by atoms with E-state index in [1.54, 1.807) is 0 Å². The van der Waals surface area contributed by atoms with Gasteiger partial charge in [-0.25, -0.2) is 0 Å². The highest BCUT2D eigenvalue weighted by Gasteiger charge is 2.55. The minimum Gasteiger partial charge on any atom is -0.322 e. The molecule has 3 atom stereocenters. The van der Waals surface area contributed by atoms with E-state index in [1.165, 1.54) is 5.56 Å². The van der Waals surface area contributed by atoms with Crippen LogP contribution >= 0.6 is 0 Å². The molecule has 3 unspecified atom stereocenters. The van der Waals surface area contributed by atoms with Crippen LogP contribution in [-0.2, 0) is 11.2 Å². The number of nitrogens with zero attached hydrogens (tertiary/aromatic N) is 1. The summed E-state index contributed by atoms with van der Waals surface area (Å²) in [6.45, 7) is 6.68. The minimum absolute atomic E-state index is 0.00782. The maximum absolute atomic E-state index is 12.7. The van der Waals surface area contributed by atoms with E-state index in [0.717, 1.165) is 25.7 Å². The summed E-state index contributed by atoms with van der Waals surface area (Å²) in [6, 6.07) is 10.9. The van der Waals surface area contributed by atoms with Gasteiger partial charge in [-0.1, -0.05) is 51.1 Å². The van der Waals surface area contributed by atoms with E-state index in [4.69, 9.17) is 0 Å². The van der Waals surface area contributed by atoms with E-state index in [-0.39, 0.29) is 12.2 Å². The zero-order chi connectivity index (χ0) is 15.0. The second-order valence-electron chi connectivity index (χ2n) is 7.12. The van der Waals surface area contributed by atoms with Crippen molar-refractivity contribution in [1.82, 2.24) is 10.2 Å². The highest BCUT2D eigenvalue weighted by molar-refractivity contribution is 5.85. The summed E-state index contributed by atoms with van der Waals surface area (Å²) in [6.07, 6.45) is 4.21. The summed E-state index contributed by atoms with van der Waals surface area (Å²) in [5.74, 6) is 0.313. The van der Waals surface area contributed by atoms with Crippen molar-refractivity contribution in [3.05, 3.63) is 35.9 Å². The largest absolute Gasteiger partial charge is 0.322 e. The first-order valence-electron chi connectivity index (χ1n) is 8.15. The van der Waals surface area contributed by atoms with Crippen molar-refractivity contribution in [3.63, 3.8) is 0 Å². The van der Waals surface area contributed by atoms with Gasteiger partial charge in [0.25, 0.3) is 0 Å². The number of hydrogen-bond donors (Lipinski definition) is 1. The highest BCUT2D eigenvalue weighted by Crippen LogP contribution is 2.50. The fraction of sp³-hybridized carbons (Fsp3) is 0.611. The van der Waals surface area contributed by atoms with E-state index in [2.05, 4.69) is 55.3 Å². The number of carbonyl (C=O) groups excluding carboxylic acids is 1. The van der Waals surface area contributed by atoms with Crippen molar-refractivity contribution in [2.75, 3.05) is 0 Å². The van der Waals surface area contributed by atoms with Gasteiger partial charge in [-0.2, -0.15) is 0 Å². The lowest BCUT2D eigenvalue weighted by Crippen LogP contribution is -2.40. The molecule has 0 aromatic heterocycles.